The lowest BCUT2D eigenvalue weighted by Gasteiger charge is -2.27. The number of amides is 1. The summed E-state index contributed by atoms with van der Waals surface area (Å²) < 4.78 is 0.867. The van der Waals surface area contributed by atoms with Crippen molar-refractivity contribution in [1.82, 2.24) is 9.80 Å². The van der Waals surface area contributed by atoms with E-state index in [1.54, 1.807) is 29.2 Å². The van der Waals surface area contributed by atoms with Crippen LogP contribution in [0.1, 0.15) is 37.4 Å². The second-order valence-corrected chi connectivity index (χ2v) is 9.34. The van der Waals surface area contributed by atoms with Gasteiger partial charge in [-0.2, -0.15) is 0 Å². The topological polar surface area (TPSA) is 64.1 Å². The molecule has 0 radical (unpaired) electrons. The highest BCUT2D eigenvalue weighted by molar-refractivity contribution is 9.10. The number of aliphatic hydroxyl groups is 1. The Hall–Kier alpha value is -2.64. The second-order valence-electron chi connectivity index (χ2n) is 8.42. The third-order valence-electron chi connectivity index (χ3n) is 6.00. The first-order valence-electron chi connectivity index (χ1n) is 11.3. The molecule has 1 heterocycles. The maximum absolute atomic E-state index is 13.1. The zero-order chi connectivity index (χ0) is 24.1. The van der Waals surface area contributed by atoms with Crippen molar-refractivity contribution in [2.75, 3.05) is 45.2 Å². The number of anilines is 1. The average molecular weight is 514 g/mol. The van der Waals surface area contributed by atoms with Gasteiger partial charge in [0.25, 0.3) is 11.7 Å². The lowest BCUT2D eigenvalue weighted by atomic mass is 9.95. The van der Waals surface area contributed by atoms with Crippen molar-refractivity contribution in [2.24, 2.45) is 0 Å². The number of hydrogen-bond acceptors (Lipinski definition) is 5. The van der Waals surface area contributed by atoms with E-state index in [1.165, 1.54) is 0 Å². The molecule has 7 heteroatoms. The summed E-state index contributed by atoms with van der Waals surface area (Å²) in [6, 6.07) is 14.4. The molecule has 3 rings (SSSR count). The van der Waals surface area contributed by atoms with E-state index >= 15 is 0 Å². The first kappa shape index (κ1) is 25.0. The van der Waals surface area contributed by atoms with Crippen LogP contribution in [0.4, 0.5) is 5.69 Å². The fraction of sp³-hybridized carbons (Fsp3) is 0.385. The molecule has 0 spiro atoms. The summed E-state index contributed by atoms with van der Waals surface area (Å²) in [6.45, 7) is 7.22. The molecule has 1 unspecified atom stereocenters. The zero-order valence-electron chi connectivity index (χ0n) is 19.7. The number of hydrogen-bond donors (Lipinski definition) is 1. The normalized spacial score (nSPS) is 17.8. The molecule has 1 aliphatic heterocycles. The van der Waals surface area contributed by atoms with Crippen LogP contribution in [0.2, 0.25) is 0 Å². The molecule has 2 aromatic carbocycles. The molecule has 1 N–H and O–H groups in total. The summed E-state index contributed by atoms with van der Waals surface area (Å²) in [7, 11) is 3.95. The van der Waals surface area contributed by atoms with Gasteiger partial charge in [-0.25, -0.2) is 0 Å². The number of likely N-dealkylation sites (tertiary alicyclic amines) is 1. The molecule has 6 nitrogen and oxygen atoms in total. The van der Waals surface area contributed by atoms with Crippen molar-refractivity contribution >= 4 is 39.1 Å². The Morgan fingerprint density at radius 1 is 1.00 bits per heavy atom. The number of halogens is 1. The highest BCUT2D eigenvalue weighted by Crippen LogP contribution is 2.40. The van der Waals surface area contributed by atoms with Crippen molar-refractivity contribution in [3.05, 3.63) is 69.7 Å². The minimum Gasteiger partial charge on any atom is -0.507 e. The van der Waals surface area contributed by atoms with Gasteiger partial charge in [0.2, 0.25) is 0 Å². The minimum absolute atomic E-state index is 0.141. The summed E-state index contributed by atoms with van der Waals surface area (Å²) in [5.74, 6) is -1.35. The molecule has 1 atom stereocenters. The Bertz CT molecular complexity index is 1010. The first-order chi connectivity index (χ1) is 15.8. The Morgan fingerprint density at radius 3 is 2.15 bits per heavy atom. The third-order valence-corrected chi connectivity index (χ3v) is 6.53. The smallest absolute Gasteiger partial charge is 0.295 e. The van der Waals surface area contributed by atoms with E-state index in [1.807, 2.05) is 43.3 Å². The molecule has 176 valence electrons. The Balaban J connectivity index is 2.06. The molecule has 1 amide bonds. The number of aliphatic hydroxyl groups excluding tert-OH is 1. The van der Waals surface area contributed by atoms with Crippen molar-refractivity contribution in [3.8, 4) is 0 Å². The van der Waals surface area contributed by atoms with E-state index in [0.717, 1.165) is 41.8 Å². The molecule has 1 aliphatic rings. The lowest BCUT2D eigenvalue weighted by Crippen LogP contribution is -2.32. The zero-order valence-corrected chi connectivity index (χ0v) is 21.3. The number of ketones is 1. The van der Waals surface area contributed by atoms with Gasteiger partial charge < -0.3 is 19.8 Å². The van der Waals surface area contributed by atoms with Gasteiger partial charge in [0.1, 0.15) is 5.76 Å². The number of carbonyl (C=O) groups is 2. The van der Waals surface area contributed by atoms with Gasteiger partial charge >= 0.3 is 0 Å². The summed E-state index contributed by atoms with van der Waals surface area (Å²) in [4.78, 5) is 32.0. The molecular weight excluding hydrogens is 482 g/mol. The molecule has 0 aliphatic carbocycles. The van der Waals surface area contributed by atoms with Crippen LogP contribution in [-0.4, -0.2) is 66.9 Å². The number of rotatable bonds is 9. The van der Waals surface area contributed by atoms with Crippen LogP contribution in [0, 0.1) is 0 Å². The van der Waals surface area contributed by atoms with Gasteiger partial charge in [0, 0.05) is 35.4 Å². The monoisotopic (exact) mass is 513 g/mol. The third kappa shape index (κ3) is 5.47. The predicted molar refractivity (Wildman–Crippen MR) is 136 cm³/mol. The predicted octanol–water partition coefficient (Wildman–Crippen LogP) is 4.67. The van der Waals surface area contributed by atoms with Crippen molar-refractivity contribution in [1.29, 1.82) is 0 Å². The summed E-state index contributed by atoms with van der Waals surface area (Å²) in [5.41, 5.74) is 2.55. The quantitative estimate of drug-likeness (QED) is 0.300. The number of Topliss-reactive ketones (excluding diaryl/α,β-unsaturated/α-hetero) is 1. The van der Waals surface area contributed by atoms with Crippen LogP contribution in [0.15, 0.2) is 58.6 Å². The van der Waals surface area contributed by atoms with Gasteiger partial charge in [-0.1, -0.05) is 40.2 Å². The van der Waals surface area contributed by atoms with Gasteiger partial charge in [-0.3, -0.25) is 9.59 Å². The maximum atomic E-state index is 13.1. The lowest BCUT2D eigenvalue weighted by molar-refractivity contribution is -0.139. The molecule has 0 aromatic heterocycles. The van der Waals surface area contributed by atoms with Crippen LogP contribution in [0.5, 0.6) is 0 Å². The van der Waals surface area contributed by atoms with Gasteiger partial charge in [0.15, 0.2) is 0 Å². The second kappa shape index (κ2) is 11.0. The molecule has 1 fully saturated rings. The fourth-order valence-electron chi connectivity index (χ4n) is 4.23. The van der Waals surface area contributed by atoms with E-state index in [0.29, 0.717) is 12.1 Å². The maximum Gasteiger partial charge on any atom is 0.295 e. The van der Waals surface area contributed by atoms with Crippen LogP contribution < -0.4 is 4.90 Å². The Kier molecular flexibility index (Phi) is 8.32. The molecule has 2 aromatic rings. The Morgan fingerprint density at radius 2 is 1.61 bits per heavy atom. The number of nitrogens with zero attached hydrogens (tertiary/aromatic N) is 3. The molecule has 1 saturated heterocycles. The van der Waals surface area contributed by atoms with Gasteiger partial charge in [0.05, 0.1) is 11.6 Å². The van der Waals surface area contributed by atoms with Crippen molar-refractivity contribution < 1.29 is 14.7 Å². The Labute approximate surface area is 204 Å². The molecular formula is C26H32BrN3O3. The van der Waals surface area contributed by atoms with E-state index in [2.05, 4.69) is 34.7 Å². The standard InChI is InChI=1S/C26H32BrN3O3/c1-5-29(6-2)21-14-10-18(11-15-21)23-22(24(31)19-8-12-20(27)13-9-19)25(32)26(33)30(23)17-7-16-28(3)4/h8-15,23,31H,5-7,16-17H2,1-4H3/b24-22-. The number of carbonyl (C=O) groups excluding carboxylic acids is 2. The SMILES string of the molecule is CCN(CC)c1ccc(C2/C(=C(/O)c3ccc(Br)cc3)C(=O)C(=O)N2CCCN(C)C)cc1. The largest absolute Gasteiger partial charge is 0.507 e. The minimum atomic E-state index is -0.641. The fourth-order valence-corrected chi connectivity index (χ4v) is 4.50. The molecule has 0 saturated carbocycles. The van der Waals surface area contributed by atoms with Crippen LogP contribution in [-0.2, 0) is 9.59 Å². The van der Waals surface area contributed by atoms with Crippen LogP contribution in [0.3, 0.4) is 0 Å². The summed E-state index contributed by atoms with van der Waals surface area (Å²) in [5, 5.41) is 11.1. The van der Waals surface area contributed by atoms with E-state index in [-0.39, 0.29) is 11.3 Å². The van der Waals surface area contributed by atoms with E-state index in [4.69, 9.17) is 0 Å². The van der Waals surface area contributed by atoms with Crippen LogP contribution >= 0.6 is 15.9 Å². The van der Waals surface area contributed by atoms with Crippen molar-refractivity contribution in [2.45, 2.75) is 26.3 Å². The summed E-state index contributed by atoms with van der Waals surface area (Å²) in [6.07, 6.45) is 0.729. The van der Waals surface area contributed by atoms with Crippen LogP contribution in [0.25, 0.3) is 5.76 Å². The van der Waals surface area contributed by atoms with E-state index in [9.17, 15) is 14.7 Å². The van der Waals surface area contributed by atoms with E-state index < -0.39 is 17.7 Å². The summed E-state index contributed by atoms with van der Waals surface area (Å²) >= 11 is 3.39. The molecule has 0 bridgehead atoms. The number of benzene rings is 2. The highest BCUT2D eigenvalue weighted by atomic mass is 79.9. The van der Waals surface area contributed by atoms with Gasteiger partial charge in [-0.05, 0) is 70.7 Å². The first-order valence-corrected chi connectivity index (χ1v) is 12.1. The highest BCUT2D eigenvalue weighted by Gasteiger charge is 2.45. The van der Waals surface area contributed by atoms with Gasteiger partial charge in [-0.15, -0.1) is 0 Å². The molecule has 33 heavy (non-hydrogen) atoms. The van der Waals surface area contributed by atoms with Crippen molar-refractivity contribution in [3.63, 3.8) is 0 Å². The average Bonchev–Trinajstić information content (AvgIpc) is 3.05.